The predicted molar refractivity (Wildman–Crippen MR) is 153 cm³/mol. The molecule has 2 aliphatic rings. The number of benzene rings is 1. The van der Waals surface area contributed by atoms with Gasteiger partial charge in [-0.3, -0.25) is 9.59 Å². The summed E-state index contributed by atoms with van der Waals surface area (Å²) >= 11 is 0. The van der Waals surface area contributed by atoms with Gasteiger partial charge in [0.25, 0.3) is 5.91 Å². The summed E-state index contributed by atoms with van der Waals surface area (Å²) in [7, 11) is 2.02. The van der Waals surface area contributed by atoms with Crippen LogP contribution in [-0.2, 0) is 4.79 Å². The number of amides is 1. The van der Waals surface area contributed by atoms with Gasteiger partial charge in [0.1, 0.15) is 12.0 Å². The number of aryl methyl sites for hydroxylation is 2. The van der Waals surface area contributed by atoms with Crippen molar-refractivity contribution in [3.8, 4) is 0 Å². The average Bonchev–Trinajstić information content (AvgIpc) is 3.32. The minimum absolute atomic E-state index is 0.129. The molecule has 1 aromatic carbocycles. The minimum atomic E-state index is -1.38. The standard InChI is InChI=1S/C31H40FN5O3/c1-19-7-6-8-20(2)29(19)35(5)27-17-24(21-9-12-31(3,4)13-10-21)33-26-16-25(34-37(26)27)30(40)36-14-11-22(15-28(38)39)23(32)18-36/h6-8,16-17,21-23H,9-15,18H2,1-5H3,(H,38,39). The molecule has 2 fully saturated rings. The van der Waals surface area contributed by atoms with Crippen molar-refractivity contribution in [3.05, 3.63) is 52.8 Å². The van der Waals surface area contributed by atoms with E-state index in [1.165, 1.54) is 4.90 Å². The van der Waals surface area contributed by atoms with Crippen LogP contribution in [0.1, 0.15) is 85.6 Å². The van der Waals surface area contributed by atoms with Gasteiger partial charge in [0, 0.05) is 48.9 Å². The summed E-state index contributed by atoms with van der Waals surface area (Å²) in [6.07, 6.45) is 3.11. The van der Waals surface area contributed by atoms with Crippen LogP contribution >= 0.6 is 0 Å². The number of anilines is 2. The molecule has 0 spiro atoms. The van der Waals surface area contributed by atoms with E-state index in [-0.39, 0.29) is 24.6 Å². The Hall–Kier alpha value is -3.49. The number of nitrogens with zero attached hydrogens (tertiary/aromatic N) is 5. The van der Waals surface area contributed by atoms with Crippen molar-refractivity contribution in [3.63, 3.8) is 0 Å². The number of carbonyl (C=O) groups excluding carboxylic acids is 1. The fraction of sp³-hybridized carbons (Fsp3) is 0.548. The first kappa shape index (κ1) is 28.1. The van der Waals surface area contributed by atoms with Crippen LogP contribution in [0.5, 0.6) is 0 Å². The molecule has 40 heavy (non-hydrogen) atoms. The van der Waals surface area contributed by atoms with Crippen LogP contribution in [0.25, 0.3) is 5.65 Å². The van der Waals surface area contributed by atoms with E-state index in [1.807, 2.05) is 13.1 Å². The second-order valence-electron chi connectivity index (χ2n) is 12.5. The number of hydrogen-bond acceptors (Lipinski definition) is 5. The van der Waals surface area contributed by atoms with E-state index in [1.54, 1.807) is 10.6 Å². The Morgan fingerprint density at radius 3 is 2.42 bits per heavy atom. The maximum Gasteiger partial charge on any atom is 0.303 e. The van der Waals surface area contributed by atoms with Crippen LogP contribution in [0.4, 0.5) is 15.9 Å². The van der Waals surface area contributed by atoms with Crippen LogP contribution in [-0.4, -0.2) is 62.8 Å². The van der Waals surface area contributed by atoms with Gasteiger partial charge in [-0.05, 0) is 62.5 Å². The van der Waals surface area contributed by atoms with Crippen LogP contribution in [0.3, 0.4) is 0 Å². The summed E-state index contributed by atoms with van der Waals surface area (Å²) in [6, 6.07) is 10.0. The second-order valence-corrected chi connectivity index (χ2v) is 12.5. The number of aliphatic carboxylic acids is 1. The summed E-state index contributed by atoms with van der Waals surface area (Å²) in [6.45, 7) is 8.98. The van der Waals surface area contributed by atoms with Crippen molar-refractivity contribution in [1.29, 1.82) is 0 Å². The number of rotatable bonds is 6. The fourth-order valence-corrected chi connectivity index (χ4v) is 6.43. The number of carboxylic acids is 1. The van der Waals surface area contributed by atoms with Gasteiger partial charge < -0.3 is 14.9 Å². The first-order valence-corrected chi connectivity index (χ1v) is 14.3. The Morgan fingerprint density at radius 1 is 1.12 bits per heavy atom. The largest absolute Gasteiger partial charge is 0.481 e. The van der Waals surface area contributed by atoms with Crippen LogP contribution in [0.2, 0.25) is 0 Å². The number of piperidine rings is 1. The first-order chi connectivity index (χ1) is 18.9. The number of halogens is 1. The number of likely N-dealkylation sites (tertiary alicyclic amines) is 1. The number of alkyl halides is 1. The molecule has 1 saturated heterocycles. The van der Waals surface area contributed by atoms with Crippen molar-refractivity contribution in [2.75, 3.05) is 25.0 Å². The SMILES string of the molecule is Cc1cccc(C)c1N(C)c1cc(C2CCC(C)(C)CC2)nc2cc(C(=O)N3CCC(CC(=O)O)C(F)C3)nn12. The molecule has 3 heterocycles. The predicted octanol–water partition coefficient (Wildman–Crippen LogP) is 6.07. The molecule has 3 aromatic rings. The van der Waals surface area contributed by atoms with Crippen LogP contribution in [0, 0.1) is 25.2 Å². The van der Waals surface area contributed by atoms with Crippen molar-refractivity contribution in [2.45, 2.75) is 78.3 Å². The van der Waals surface area contributed by atoms with Gasteiger partial charge in [0.15, 0.2) is 11.3 Å². The molecule has 5 rings (SSSR count). The molecular formula is C31H40FN5O3. The third kappa shape index (κ3) is 5.56. The lowest BCUT2D eigenvalue weighted by Crippen LogP contribution is -2.45. The second kappa shape index (κ2) is 10.8. The molecule has 2 aromatic heterocycles. The first-order valence-electron chi connectivity index (χ1n) is 14.3. The molecule has 8 nitrogen and oxygen atoms in total. The summed E-state index contributed by atoms with van der Waals surface area (Å²) in [5, 5.41) is 13.8. The Balaban J connectivity index is 1.51. The number of para-hydroxylation sites is 1. The molecular weight excluding hydrogens is 509 g/mol. The Morgan fingerprint density at radius 2 is 1.80 bits per heavy atom. The highest BCUT2D eigenvalue weighted by atomic mass is 19.1. The van der Waals surface area contributed by atoms with Crippen LogP contribution in [0.15, 0.2) is 30.3 Å². The monoisotopic (exact) mass is 549 g/mol. The highest BCUT2D eigenvalue weighted by molar-refractivity contribution is 5.93. The zero-order valence-electron chi connectivity index (χ0n) is 24.2. The van der Waals surface area contributed by atoms with Crippen molar-refractivity contribution in [1.82, 2.24) is 19.5 Å². The number of hydrogen-bond donors (Lipinski definition) is 1. The quantitative estimate of drug-likeness (QED) is 0.401. The zero-order valence-corrected chi connectivity index (χ0v) is 24.2. The molecule has 9 heteroatoms. The summed E-state index contributed by atoms with van der Waals surface area (Å²) in [5.41, 5.74) is 5.50. The van der Waals surface area contributed by atoms with Gasteiger partial charge in [0.05, 0.1) is 13.0 Å². The van der Waals surface area contributed by atoms with Gasteiger partial charge in [0.2, 0.25) is 0 Å². The van der Waals surface area contributed by atoms with Gasteiger partial charge in [-0.2, -0.15) is 9.61 Å². The lowest BCUT2D eigenvalue weighted by Gasteiger charge is -2.34. The van der Waals surface area contributed by atoms with E-state index in [0.717, 1.165) is 54.0 Å². The fourth-order valence-electron chi connectivity index (χ4n) is 6.43. The van der Waals surface area contributed by atoms with Crippen LogP contribution < -0.4 is 4.90 Å². The third-order valence-corrected chi connectivity index (χ3v) is 8.92. The summed E-state index contributed by atoms with van der Waals surface area (Å²) in [4.78, 5) is 33.1. The lowest BCUT2D eigenvalue weighted by molar-refractivity contribution is -0.139. The van der Waals surface area contributed by atoms with E-state index < -0.39 is 18.1 Å². The van der Waals surface area contributed by atoms with Gasteiger partial charge >= 0.3 is 5.97 Å². The van der Waals surface area contributed by atoms with Crippen molar-refractivity contribution >= 4 is 29.0 Å². The third-order valence-electron chi connectivity index (χ3n) is 8.92. The molecule has 0 radical (unpaired) electrons. The number of fused-ring (bicyclic) bond motifs is 1. The van der Waals surface area contributed by atoms with E-state index in [9.17, 15) is 14.0 Å². The highest BCUT2D eigenvalue weighted by Gasteiger charge is 2.34. The molecule has 1 amide bonds. The molecule has 2 unspecified atom stereocenters. The minimum Gasteiger partial charge on any atom is -0.481 e. The maximum atomic E-state index is 14.8. The molecule has 0 bridgehead atoms. The molecule has 1 saturated carbocycles. The Bertz CT molecular complexity index is 1400. The highest BCUT2D eigenvalue weighted by Crippen LogP contribution is 2.43. The topological polar surface area (TPSA) is 91.0 Å². The zero-order chi connectivity index (χ0) is 28.8. The van der Waals surface area contributed by atoms with E-state index >= 15 is 0 Å². The number of aromatic nitrogens is 3. The smallest absolute Gasteiger partial charge is 0.303 e. The van der Waals surface area contributed by atoms with E-state index in [4.69, 9.17) is 15.2 Å². The van der Waals surface area contributed by atoms with Crippen molar-refractivity contribution < 1.29 is 19.1 Å². The molecule has 1 aliphatic heterocycles. The summed E-state index contributed by atoms with van der Waals surface area (Å²) in [5.74, 6) is -0.798. The molecule has 1 N–H and O–H groups in total. The summed E-state index contributed by atoms with van der Waals surface area (Å²) < 4.78 is 16.5. The van der Waals surface area contributed by atoms with E-state index in [2.05, 4.69) is 50.8 Å². The Kier molecular flexibility index (Phi) is 7.59. The van der Waals surface area contributed by atoms with Gasteiger partial charge in [-0.1, -0.05) is 32.0 Å². The van der Waals surface area contributed by atoms with Gasteiger partial charge in [-0.25, -0.2) is 9.37 Å². The number of carbonyl (C=O) groups is 2. The van der Waals surface area contributed by atoms with E-state index in [0.29, 0.717) is 29.9 Å². The molecule has 2 atom stereocenters. The molecule has 214 valence electrons. The average molecular weight is 550 g/mol. The normalized spacial score (nSPS) is 21.5. The molecule has 1 aliphatic carbocycles. The van der Waals surface area contributed by atoms with Gasteiger partial charge in [-0.15, -0.1) is 0 Å². The number of carboxylic acid groups (broad SMARTS) is 1. The maximum absolute atomic E-state index is 14.8. The Labute approximate surface area is 235 Å². The lowest BCUT2D eigenvalue weighted by atomic mass is 9.72. The van der Waals surface area contributed by atoms with Crippen molar-refractivity contribution in [2.24, 2.45) is 11.3 Å².